The van der Waals surface area contributed by atoms with E-state index in [0.717, 1.165) is 19.4 Å². The maximum Gasteiger partial charge on any atom is 0.256 e. The quantitative estimate of drug-likeness (QED) is 0.533. The zero-order chi connectivity index (χ0) is 15.3. The summed E-state index contributed by atoms with van der Waals surface area (Å²) in [5.41, 5.74) is 6.68. The molecule has 1 amide bonds. The Balaban J connectivity index is 3.17. The lowest BCUT2D eigenvalue weighted by atomic mass is 10.1. The fourth-order valence-corrected chi connectivity index (χ4v) is 2.97. The van der Waals surface area contributed by atoms with Crippen molar-refractivity contribution in [2.75, 3.05) is 24.6 Å². The van der Waals surface area contributed by atoms with Crippen molar-refractivity contribution in [3.8, 4) is 0 Å². The highest BCUT2D eigenvalue weighted by Gasteiger charge is 2.25. The Bertz CT molecular complexity index is 495. The van der Waals surface area contributed by atoms with Gasteiger partial charge in [-0.3, -0.25) is 9.59 Å². The van der Waals surface area contributed by atoms with E-state index in [-0.39, 0.29) is 23.3 Å². The van der Waals surface area contributed by atoms with Crippen LogP contribution in [0.2, 0.25) is 0 Å². The molecule has 0 bridgehead atoms. The van der Waals surface area contributed by atoms with Crippen molar-refractivity contribution in [1.82, 2.24) is 5.32 Å². The summed E-state index contributed by atoms with van der Waals surface area (Å²) in [5, 5.41) is 6.46. The Morgan fingerprint density at radius 1 is 1.35 bits per heavy atom. The van der Waals surface area contributed by atoms with E-state index in [1.807, 2.05) is 13.8 Å². The van der Waals surface area contributed by atoms with E-state index in [9.17, 15) is 9.59 Å². The number of hydrogen-bond donors (Lipinski definition) is 3. The van der Waals surface area contributed by atoms with Crippen molar-refractivity contribution < 1.29 is 9.59 Å². The molecule has 20 heavy (non-hydrogen) atoms. The molecule has 1 aromatic heterocycles. The third-order valence-electron chi connectivity index (χ3n) is 2.96. The highest BCUT2D eigenvalue weighted by molar-refractivity contribution is 7.19. The molecule has 0 saturated carbocycles. The molecule has 0 saturated heterocycles. The SMILES string of the molecule is CCCCNc1sc(C(=O)C(C)C)c(N)c1C(=O)NC. The zero-order valence-corrected chi connectivity index (χ0v) is 13.3. The number of amides is 1. The van der Waals surface area contributed by atoms with Crippen LogP contribution < -0.4 is 16.4 Å². The number of rotatable bonds is 7. The molecule has 1 heterocycles. The Hall–Kier alpha value is -1.56. The molecule has 0 aliphatic heterocycles. The van der Waals surface area contributed by atoms with Gasteiger partial charge in [0.05, 0.1) is 16.1 Å². The molecule has 0 aliphatic carbocycles. The second-order valence-electron chi connectivity index (χ2n) is 4.93. The lowest BCUT2D eigenvalue weighted by Crippen LogP contribution is -2.20. The Kier molecular flexibility index (Phi) is 6.01. The molecule has 0 aliphatic rings. The van der Waals surface area contributed by atoms with E-state index in [4.69, 9.17) is 5.73 Å². The van der Waals surface area contributed by atoms with Crippen molar-refractivity contribution in [3.63, 3.8) is 0 Å². The summed E-state index contributed by atoms with van der Waals surface area (Å²) in [5.74, 6) is -0.432. The van der Waals surface area contributed by atoms with Gasteiger partial charge < -0.3 is 16.4 Å². The first-order valence-corrected chi connectivity index (χ1v) is 7.68. The van der Waals surface area contributed by atoms with E-state index < -0.39 is 0 Å². The van der Waals surface area contributed by atoms with Gasteiger partial charge in [0, 0.05) is 19.5 Å². The summed E-state index contributed by atoms with van der Waals surface area (Å²) in [7, 11) is 1.55. The maximum atomic E-state index is 12.1. The van der Waals surface area contributed by atoms with Gasteiger partial charge in [-0.05, 0) is 6.42 Å². The monoisotopic (exact) mass is 297 g/mol. The van der Waals surface area contributed by atoms with Crippen LogP contribution in [0.4, 0.5) is 10.7 Å². The van der Waals surface area contributed by atoms with Gasteiger partial charge in [0.25, 0.3) is 5.91 Å². The molecular weight excluding hydrogens is 274 g/mol. The van der Waals surface area contributed by atoms with Gasteiger partial charge in [-0.15, -0.1) is 11.3 Å². The number of nitrogen functional groups attached to an aromatic ring is 1. The molecule has 0 spiro atoms. The van der Waals surface area contributed by atoms with Crippen molar-refractivity contribution in [2.45, 2.75) is 33.6 Å². The highest BCUT2D eigenvalue weighted by Crippen LogP contribution is 2.37. The summed E-state index contributed by atoms with van der Waals surface area (Å²) in [6.07, 6.45) is 2.05. The van der Waals surface area contributed by atoms with Crippen LogP contribution in [0.25, 0.3) is 0 Å². The molecule has 1 rings (SSSR count). The number of thiophene rings is 1. The summed E-state index contributed by atoms with van der Waals surface area (Å²) < 4.78 is 0. The van der Waals surface area contributed by atoms with E-state index in [1.165, 1.54) is 11.3 Å². The van der Waals surface area contributed by atoms with Crippen LogP contribution in [0.3, 0.4) is 0 Å². The molecule has 0 aromatic carbocycles. The third-order valence-corrected chi connectivity index (χ3v) is 4.14. The fourth-order valence-electron chi connectivity index (χ4n) is 1.74. The standard InChI is InChI=1S/C14H23N3O2S/c1-5-6-7-17-14-9(13(19)16-4)10(15)12(20-14)11(18)8(2)3/h8,17H,5-7,15H2,1-4H3,(H,16,19). The summed E-state index contributed by atoms with van der Waals surface area (Å²) >= 11 is 1.27. The number of carbonyl (C=O) groups excluding carboxylic acids is 2. The average Bonchev–Trinajstić information content (AvgIpc) is 2.74. The molecule has 0 fully saturated rings. The predicted molar refractivity (Wildman–Crippen MR) is 84.7 cm³/mol. The average molecular weight is 297 g/mol. The van der Waals surface area contributed by atoms with Gasteiger partial charge in [-0.1, -0.05) is 27.2 Å². The van der Waals surface area contributed by atoms with Crippen molar-refractivity contribution in [1.29, 1.82) is 0 Å². The molecule has 5 nitrogen and oxygen atoms in total. The second kappa shape index (κ2) is 7.28. The first kappa shape index (κ1) is 16.5. The van der Waals surface area contributed by atoms with E-state index in [0.29, 0.717) is 15.4 Å². The molecule has 6 heteroatoms. The van der Waals surface area contributed by atoms with Crippen molar-refractivity contribution in [2.24, 2.45) is 5.92 Å². The minimum Gasteiger partial charge on any atom is -0.397 e. The van der Waals surface area contributed by atoms with E-state index in [1.54, 1.807) is 7.05 Å². The minimum atomic E-state index is -0.263. The Morgan fingerprint density at radius 3 is 2.50 bits per heavy atom. The molecule has 1 aromatic rings. The normalized spacial score (nSPS) is 10.7. The van der Waals surface area contributed by atoms with Crippen LogP contribution in [0, 0.1) is 5.92 Å². The number of ketones is 1. The van der Waals surface area contributed by atoms with Crippen LogP contribution in [-0.4, -0.2) is 25.3 Å². The van der Waals surface area contributed by atoms with Crippen LogP contribution in [0.15, 0.2) is 0 Å². The van der Waals surface area contributed by atoms with Gasteiger partial charge in [0.15, 0.2) is 5.78 Å². The smallest absolute Gasteiger partial charge is 0.256 e. The van der Waals surface area contributed by atoms with Crippen LogP contribution in [0.1, 0.15) is 53.6 Å². The minimum absolute atomic E-state index is 0.0267. The highest BCUT2D eigenvalue weighted by atomic mass is 32.1. The first-order chi connectivity index (χ1) is 9.43. The largest absolute Gasteiger partial charge is 0.397 e. The Labute approximate surface area is 123 Å². The summed E-state index contributed by atoms with van der Waals surface area (Å²) in [4.78, 5) is 24.6. The lowest BCUT2D eigenvalue weighted by Gasteiger charge is -2.06. The maximum absolute atomic E-state index is 12.1. The molecule has 0 radical (unpaired) electrons. The van der Waals surface area contributed by atoms with Crippen LogP contribution in [0.5, 0.6) is 0 Å². The first-order valence-electron chi connectivity index (χ1n) is 6.86. The number of nitrogens with one attached hydrogen (secondary N) is 2. The number of Topliss-reactive ketones (excluding diaryl/α,β-unsaturated/α-hetero) is 1. The van der Waals surface area contributed by atoms with Gasteiger partial charge in [-0.2, -0.15) is 0 Å². The molecule has 112 valence electrons. The van der Waals surface area contributed by atoms with Gasteiger partial charge in [0.2, 0.25) is 0 Å². The number of carbonyl (C=O) groups is 2. The number of nitrogens with two attached hydrogens (primary N) is 1. The third kappa shape index (κ3) is 3.50. The predicted octanol–water partition coefficient (Wildman–Crippen LogP) is 2.74. The Morgan fingerprint density at radius 2 is 2.00 bits per heavy atom. The summed E-state index contributed by atoms with van der Waals surface area (Å²) in [6, 6.07) is 0. The van der Waals surface area contributed by atoms with Gasteiger partial charge >= 0.3 is 0 Å². The van der Waals surface area contributed by atoms with Gasteiger partial charge in [0.1, 0.15) is 5.00 Å². The van der Waals surface area contributed by atoms with Gasteiger partial charge in [-0.25, -0.2) is 0 Å². The van der Waals surface area contributed by atoms with E-state index >= 15 is 0 Å². The number of anilines is 2. The lowest BCUT2D eigenvalue weighted by molar-refractivity contribution is 0.0944. The molecular formula is C14H23N3O2S. The molecule has 0 atom stereocenters. The summed E-state index contributed by atoms with van der Waals surface area (Å²) in [6.45, 7) is 6.50. The fraction of sp³-hybridized carbons (Fsp3) is 0.571. The van der Waals surface area contributed by atoms with Crippen LogP contribution in [-0.2, 0) is 0 Å². The van der Waals surface area contributed by atoms with E-state index in [2.05, 4.69) is 17.6 Å². The topological polar surface area (TPSA) is 84.2 Å². The zero-order valence-electron chi connectivity index (χ0n) is 12.5. The van der Waals surface area contributed by atoms with Crippen LogP contribution >= 0.6 is 11.3 Å². The molecule has 0 unspecified atom stereocenters. The number of hydrogen-bond acceptors (Lipinski definition) is 5. The van der Waals surface area contributed by atoms with Crippen molar-refractivity contribution in [3.05, 3.63) is 10.4 Å². The van der Waals surface area contributed by atoms with Crippen molar-refractivity contribution >= 4 is 33.7 Å². The number of unbranched alkanes of at least 4 members (excludes halogenated alkanes) is 1. The second-order valence-corrected chi connectivity index (χ2v) is 5.95. The molecule has 4 N–H and O–H groups in total.